The summed E-state index contributed by atoms with van der Waals surface area (Å²) in [7, 11) is 0. The molecule has 0 aromatic rings. The minimum absolute atomic E-state index is 0.0213. The lowest BCUT2D eigenvalue weighted by Gasteiger charge is -2.73. The summed E-state index contributed by atoms with van der Waals surface area (Å²) in [5.41, 5.74) is -1.08. The summed E-state index contributed by atoms with van der Waals surface area (Å²) in [6.07, 6.45) is 6.11. The van der Waals surface area contributed by atoms with E-state index in [0.29, 0.717) is 36.9 Å². The highest BCUT2D eigenvalue weighted by Crippen LogP contribution is 2.77. The van der Waals surface area contributed by atoms with Crippen LogP contribution in [0.25, 0.3) is 0 Å². The lowest BCUT2D eigenvalue weighted by Crippen LogP contribution is -2.70. The molecule has 6 heteroatoms. The number of carboxylic acids is 1. The number of aliphatic hydroxyl groups excluding tert-OH is 1. The van der Waals surface area contributed by atoms with E-state index in [2.05, 4.69) is 41.2 Å². The second kappa shape index (κ2) is 8.65. The van der Waals surface area contributed by atoms with Crippen molar-refractivity contribution in [3.8, 4) is 0 Å². The van der Waals surface area contributed by atoms with Crippen molar-refractivity contribution in [2.75, 3.05) is 6.61 Å². The van der Waals surface area contributed by atoms with Crippen LogP contribution in [0.5, 0.6) is 0 Å². The molecule has 5 aliphatic carbocycles. The van der Waals surface area contributed by atoms with E-state index in [-0.39, 0.29) is 53.0 Å². The second-order valence-corrected chi connectivity index (χ2v) is 15.0. The molecule has 5 fully saturated rings. The van der Waals surface area contributed by atoms with Gasteiger partial charge in [-0.05, 0) is 97.4 Å². The van der Waals surface area contributed by atoms with Crippen LogP contribution < -0.4 is 0 Å². The summed E-state index contributed by atoms with van der Waals surface area (Å²) >= 11 is 0. The predicted molar refractivity (Wildman–Crippen MR) is 144 cm³/mol. The molecule has 5 saturated carbocycles. The molecule has 5 rings (SSSR count). The van der Waals surface area contributed by atoms with E-state index in [1.54, 1.807) is 0 Å². The Hall–Kier alpha value is -1.69. The number of ketones is 1. The van der Waals surface area contributed by atoms with E-state index in [9.17, 15) is 24.6 Å². The van der Waals surface area contributed by atoms with Gasteiger partial charge < -0.3 is 14.9 Å². The molecule has 0 bridgehead atoms. The molecular formula is C32H48O6. The number of Topliss-reactive ketones (excluding diaryl/α,β-unsaturated/α-hetero) is 1. The zero-order valence-corrected chi connectivity index (χ0v) is 24.3. The lowest BCUT2D eigenvalue weighted by atomic mass is 9.32. The monoisotopic (exact) mass is 528 g/mol. The van der Waals surface area contributed by atoms with Gasteiger partial charge in [0.1, 0.15) is 12.4 Å². The van der Waals surface area contributed by atoms with Gasteiger partial charge in [0.15, 0.2) is 0 Å². The molecule has 0 saturated heterocycles. The zero-order valence-electron chi connectivity index (χ0n) is 24.3. The van der Waals surface area contributed by atoms with Gasteiger partial charge in [-0.3, -0.25) is 14.4 Å². The molecule has 0 unspecified atom stereocenters. The molecule has 0 heterocycles. The molecule has 0 aliphatic heterocycles. The highest BCUT2D eigenvalue weighted by Gasteiger charge is 2.74. The first-order valence-corrected chi connectivity index (χ1v) is 14.8. The number of esters is 1. The molecule has 0 radical (unpaired) electrons. The molecule has 0 spiro atoms. The van der Waals surface area contributed by atoms with E-state index in [4.69, 9.17) is 4.74 Å². The van der Waals surface area contributed by atoms with Crippen molar-refractivity contribution in [3.05, 3.63) is 12.2 Å². The first-order valence-electron chi connectivity index (χ1n) is 14.8. The smallest absolute Gasteiger partial charge is 0.310 e. The largest absolute Gasteiger partial charge is 0.481 e. The number of hydrogen-bond donors (Lipinski definition) is 2. The van der Waals surface area contributed by atoms with Crippen molar-refractivity contribution in [2.45, 2.75) is 105 Å². The highest BCUT2D eigenvalue weighted by molar-refractivity contribution is 5.85. The van der Waals surface area contributed by atoms with Gasteiger partial charge in [-0.25, -0.2) is 0 Å². The Morgan fingerprint density at radius 3 is 2.32 bits per heavy atom. The van der Waals surface area contributed by atoms with Crippen LogP contribution in [0, 0.1) is 56.7 Å². The average molecular weight is 529 g/mol. The number of aliphatic hydroxyl groups is 1. The summed E-state index contributed by atoms with van der Waals surface area (Å²) in [4.78, 5) is 37.5. The minimum atomic E-state index is -0.975. The fourth-order valence-electron chi connectivity index (χ4n) is 11.6. The number of carbonyl (C=O) groups excluding carboxylic acids is 2. The summed E-state index contributed by atoms with van der Waals surface area (Å²) in [5, 5.41) is 22.7. The maximum absolute atomic E-state index is 13.0. The quantitative estimate of drug-likeness (QED) is 0.353. The molecule has 5 aliphatic rings. The zero-order chi connectivity index (χ0) is 28.1. The van der Waals surface area contributed by atoms with Crippen molar-refractivity contribution in [1.29, 1.82) is 0 Å². The number of aliphatic carboxylic acids is 1. The standard InChI is InChI=1S/C32H48O6/c1-18(17-38-19(2)33)20-10-15-32(27(36)37)16-25(35)31(7)21(26(20)32)8-9-23-29(5)13-12-24(34)28(3,4)22(29)11-14-30(23,31)6/h20-23,25-26,35H,1,8-17H2,2-7H3,(H,36,37)/t20-,21+,22-,23+,25-,26+,29-,30+,31-,32-/m0/s1. The second-order valence-electron chi connectivity index (χ2n) is 15.0. The van der Waals surface area contributed by atoms with Crippen molar-refractivity contribution in [3.63, 3.8) is 0 Å². The average Bonchev–Trinajstić information content (AvgIpc) is 3.21. The fourth-order valence-corrected chi connectivity index (χ4v) is 11.6. The van der Waals surface area contributed by atoms with Crippen LogP contribution in [-0.2, 0) is 19.1 Å². The third kappa shape index (κ3) is 3.37. The van der Waals surface area contributed by atoms with E-state index in [1.165, 1.54) is 6.92 Å². The Labute approximate surface area is 228 Å². The number of fused-ring (bicyclic) bond motifs is 7. The normalized spacial score (nSPS) is 49.2. The molecule has 38 heavy (non-hydrogen) atoms. The van der Waals surface area contributed by atoms with Gasteiger partial charge in [-0.2, -0.15) is 0 Å². The van der Waals surface area contributed by atoms with E-state index in [0.717, 1.165) is 37.7 Å². The fraction of sp³-hybridized carbons (Fsp3) is 0.844. The maximum Gasteiger partial charge on any atom is 0.310 e. The Morgan fingerprint density at radius 1 is 1.00 bits per heavy atom. The first kappa shape index (κ1) is 27.9. The topological polar surface area (TPSA) is 101 Å². The first-order chi connectivity index (χ1) is 17.6. The summed E-state index contributed by atoms with van der Waals surface area (Å²) in [6.45, 7) is 17.1. The van der Waals surface area contributed by atoms with Gasteiger partial charge in [0.2, 0.25) is 0 Å². The molecule has 0 aromatic carbocycles. The van der Waals surface area contributed by atoms with Gasteiger partial charge in [0.25, 0.3) is 0 Å². The van der Waals surface area contributed by atoms with Crippen LogP contribution in [0.4, 0.5) is 0 Å². The molecular weight excluding hydrogens is 480 g/mol. The van der Waals surface area contributed by atoms with Crippen molar-refractivity contribution < 1.29 is 29.3 Å². The highest BCUT2D eigenvalue weighted by atomic mass is 16.5. The van der Waals surface area contributed by atoms with Crippen molar-refractivity contribution >= 4 is 17.7 Å². The molecule has 0 amide bonds. The SMILES string of the molecule is C=C(COC(C)=O)[C@@H]1CC[C@]2(C(=O)O)C[C@H](O)[C@]3(C)[C@H](CC[C@@H]4[C@@]5(C)CCC(=O)C(C)(C)[C@@H]5CC[C@]43C)[C@@H]12. The van der Waals surface area contributed by atoms with Gasteiger partial charge in [-0.15, -0.1) is 0 Å². The van der Waals surface area contributed by atoms with Gasteiger partial charge >= 0.3 is 11.9 Å². The molecule has 10 atom stereocenters. The molecule has 2 N–H and O–H groups in total. The van der Waals surface area contributed by atoms with Gasteiger partial charge in [-0.1, -0.05) is 41.2 Å². The number of rotatable bonds is 4. The Balaban J connectivity index is 1.56. The van der Waals surface area contributed by atoms with Crippen LogP contribution in [0.3, 0.4) is 0 Å². The molecule has 212 valence electrons. The molecule has 6 nitrogen and oxygen atoms in total. The van der Waals surface area contributed by atoms with E-state index < -0.39 is 22.9 Å². The number of hydrogen-bond acceptors (Lipinski definition) is 5. The Bertz CT molecular complexity index is 1060. The van der Waals surface area contributed by atoms with Crippen LogP contribution in [0.15, 0.2) is 12.2 Å². The van der Waals surface area contributed by atoms with Crippen LogP contribution in [-0.4, -0.2) is 40.6 Å². The van der Waals surface area contributed by atoms with Crippen LogP contribution >= 0.6 is 0 Å². The van der Waals surface area contributed by atoms with Crippen LogP contribution in [0.1, 0.15) is 99.3 Å². The third-order valence-electron chi connectivity index (χ3n) is 13.6. The number of carbonyl (C=O) groups is 3. The van der Waals surface area contributed by atoms with Crippen molar-refractivity contribution in [2.24, 2.45) is 56.7 Å². The van der Waals surface area contributed by atoms with E-state index >= 15 is 0 Å². The number of ether oxygens (including phenoxy) is 1. The third-order valence-corrected chi connectivity index (χ3v) is 13.6. The molecule has 0 aromatic heterocycles. The summed E-state index contributed by atoms with van der Waals surface area (Å²) in [6, 6.07) is 0. The number of carboxylic acid groups (broad SMARTS) is 1. The maximum atomic E-state index is 13.0. The van der Waals surface area contributed by atoms with Crippen LogP contribution in [0.2, 0.25) is 0 Å². The van der Waals surface area contributed by atoms with E-state index in [1.807, 2.05) is 0 Å². The Kier molecular flexibility index (Phi) is 6.34. The minimum Gasteiger partial charge on any atom is -0.481 e. The summed E-state index contributed by atoms with van der Waals surface area (Å²) in [5.74, 6) is -0.207. The lowest BCUT2D eigenvalue weighted by molar-refractivity contribution is -0.267. The van der Waals surface area contributed by atoms with Gasteiger partial charge in [0.05, 0.1) is 11.5 Å². The Morgan fingerprint density at radius 2 is 1.68 bits per heavy atom. The predicted octanol–water partition coefficient (Wildman–Crippen LogP) is 5.81. The van der Waals surface area contributed by atoms with Gasteiger partial charge in [0, 0.05) is 24.2 Å². The van der Waals surface area contributed by atoms with Crippen molar-refractivity contribution in [1.82, 2.24) is 0 Å². The summed E-state index contributed by atoms with van der Waals surface area (Å²) < 4.78 is 5.31.